The summed E-state index contributed by atoms with van der Waals surface area (Å²) in [5, 5.41) is 5.92. The zero-order valence-corrected chi connectivity index (χ0v) is 11.7. The van der Waals surface area contributed by atoms with E-state index >= 15 is 0 Å². The van der Waals surface area contributed by atoms with Crippen LogP contribution >= 0.6 is 11.6 Å². The fourth-order valence-corrected chi connectivity index (χ4v) is 1.67. The summed E-state index contributed by atoms with van der Waals surface area (Å²) in [7, 11) is 0. The Hall–Kier alpha value is -1.72. The van der Waals surface area contributed by atoms with Crippen molar-refractivity contribution in [1.29, 1.82) is 0 Å². The first kappa shape index (κ1) is 15.3. The SMILES string of the molecule is C/C(C(N)=O)=C(\NC(N)Cl)NC(C)c1ccccc1. The molecule has 0 aliphatic heterocycles. The standard InChI is InChI=1S/C13H19ClN4O/c1-8(11(15)19)12(18-13(14)16)17-9(2)10-6-4-3-5-7-10/h3-7,9,13,17-18H,16H2,1-2H3,(H2,15,19)/b12-8+. The summed E-state index contributed by atoms with van der Waals surface area (Å²) in [6.45, 7) is 3.57. The highest BCUT2D eigenvalue weighted by molar-refractivity contribution is 6.20. The Morgan fingerprint density at radius 3 is 2.32 bits per heavy atom. The summed E-state index contributed by atoms with van der Waals surface area (Å²) < 4.78 is 0. The molecule has 1 rings (SSSR count). The Kier molecular flexibility index (Phi) is 5.66. The number of hydrogen-bond donors (Lipinski definition) is 4. The van der Waals surface area contributed by atoms with Gasteiger partial charge in [-0.1, -0.05) is 41.9 Å². The van der Waals surface area contributed by atoms with Crippen molar-refractivity contribution in [3.05, 3.63) is 47.3 Å². The van der Waals surface area contributed by atoms with Crippen molar-refractivity contribution in [2.24, 2.45) is 11.5 Å². The molecule has 0 aromatic heterocycles. The van der Waals surface area contributed by atoms with E-state index in [9.17, 15) is 4.79 Å². The fraction of sp³-hybridized carbons (Fsp3) is 0.308. The maximum Gasteiger partial charge on any atom is 0.247 e. The number of alkyl halides is 1. The van der Waals surface area contributed by atoms with Crippen LogP contribution in [0.3, 0.4) is 0 Å². The number of amides is 1. The lowest BCUT2D eigenvalue weighted by Gasteiger charge is -2.22. The highest BCUT2D eigenvalue weighted by Gasteiger charge is 2.13. The molecule has 2 atom stereocenters. The summed E-state index contributed by atoms with van der Waals surface area (Å²) >= 11 is 5.69. The van der Waals surface area contributed by atoms with Gasteiger partial charge in [0.05, 0.1) is 5.57 Å². The molecule has 0 bridgehead atoms. The van der Waals surface area contributed by atoms with Gasteiger partial charge >= 0.3 is 0 Å². The topological polar surface area (TPSA) is 93.2 Å². The van der Waals surface area contributed by atoms with E-state index in [2.05, 4.69) is 10.6 Å². The van der Waals surface area contributed by atoms with Crippen LogP contribution in [0.25, 0.3) is 0 Å². The van der Waals surface area contributed by atoms with E-state index in [-0.39, 0.29) is 6.04 Å². The van der Waals surface area contributed by atoms with Gasteiger partial charge in [0.2, 0.25) is 5.91 Å². The average Bonchev–Trinajstić information content (AvgIpc) is 2.37. The normalized spacial score (nSPS) is 15.2. The Labute approximate surface area is 118 Å². The number of carbonyl (C=O) groups excluding carboxylic acids is 1. The predicted octanol–water partition coefficient (Wildman–Crippen LogP) is 1.12. The van der Waals surface area contributed by atoms with Crippen molar-refractivity contribution >= 4 is 17.5 Å². The second-order valence-corrected chi connectivity index (χ2v) is 4.66. The zero-order valence-electron chi connectivity index (χ0n) is 11.0. The fourth-order valence-electron chi connectivity index (χ4n) is 1.56. The second-order valence-electron chi connectivity index (χ2n) is 4.19. The average molecular weight is 283 g/mol. The lowest BCUT2D eigenvalue weighted by Crippen LogP contribution is -2.40. The molecule has 0 aliphatic rings. The van der Waals surface area contributed by atoms with E-state index in [1.54, 1.807) is 6.92 Å². The Bertz CT molecular complexity index is 459. The molecule has 0 heterocycles. The van der Waals surface area contributed by atoms with E-state index in [1.807, 2.05) is 37.3 Å². The van der Waals surface area contributed by atoms with Crippen molar-refractivity contribution in [2.45, 2.75) is 25.5 Å². The van der Waals surface area contributed by atoms with Crippen LogP contribution in [-0.4, -0.2) is 11.5 Å². The summed E-state index contributed by atoms with van der Waals surface area (Å²) in [4.78, 5) is 11.2. The minimum atomic E-state index is -0.806. The molecule has 0 saturated carbocycles. The van der Waals surface area contributed by atoms with Crippen molar-refractivity contribution in [3.63, 3.8) is 0 Å². The molecule has 0 spiro atoms. The molecule has 1 aromatic carbocycles. The molecule has 0 fully saturated rings. The Morgan fingerprint density at radius 1 is 1.26 bits per heavy atom. The van der Waals surface area contributed by atoms with E-state index in [0.717, 1.165) is 5.56 Å². The number of rotatable bonds is 6. The van der Waals surface area contributed by atoms with Gasteiger partial charge < -0.3 is 16.4 Å². The highest BCUT2D eigenvalue weighted by Crippen LogP contribution is 2.13. The maximum atomic E-state index is 11.2. The monoisotopic (exact) mass is 282 g/mol. The lowest BCUT2D eigenvalue weighted by atomic mass is 10.1. The van der Waals surface area contributed by atoms with Crippen molar-refractivity contribution in [2.75, 3.05) is 0 Å². The van der Waals surface area contributed by atoms with Crippen LogP contribution in [0, 0.1) is 0 Å². The van der Waals surface area contributed by atoms with Gasteiger partial charge in [-0.2, -0.15) is 0 Å². The highest BCUT2D eigenvalue weighted by atomic mass is 35.5. The molecule has 0 saturated heterocycles. The number of benzene rings is 1. The van der Waals surface area contributed by atoms with Gasteiger partial charge in [-0.25, -0.2) is 0 Å². The molecule has 2 unspecified atom stereocenters. The lowest BCUT2D eigenvalue weighted by molar-refractivity contribution is -0.114. The van der Waals surface area contributed by atoms with Crippen LogP contribution in [-0.2, 0) is 4.79 Å². The first-order chi connectivity index (χ1) is 8.91. The largest absolute Gasteiger partial charge is 0.366 e. The number of nitrogens with one attached hydrogen (secondary N) is 2. The number of halogens is 1. The molecule has 1 aromatic rings. The molecule has 6 N–H and O–H groups in total. The van der Waals surface area contributed by atoms with Crippen molar-refractivity contribution < 1.29 is 4.79 Å². The Balaban J connectivity index is 2.90. The van der Waals surface area contributed by atoms with Gasteiger partial charge in [0.1, 0.15) is 5.82 Å². The zero-order chi connectivity index (χ0) is 14.4. The third-order valence-corrected chi connectivity index (χ3v) is 2.80. The van der Waals surface area contributed by atoms with Crippen LogP contribution in [0.1, 0.15) is 25.5 Å². The van der Waals surface area contributed by atoms with Gasteiger partial charge in [0.15, 0.2) is 5.62 Å². The van der Waals surface area contributed by atoms with Crippen LogP contribution in [0.2, 0.25) is 0 Å². The number of nitrogens with two attached hydrogens (primary N) is 2. The summed E-state index contributed by atoms with van der Waals surface area (Å²) in [5.41, 5.74) is 11.4. The van der Waals surface area contributed by atoms with Gasteiger partial charge in [-0.3, -0.25) is 10.5 Å². The van der Waals surface area contributed by atoms with Gasteiger partial charge in [0, 0.05) is 6.04 Å². The molecule has 104 valence electrons. The molecule has 0 radical (unpaired) electrons. The van der Waals surface area contributed by atoms with Gasteiger partial charge in [-0.15, -0.1) is 0 Å². The second kappa shape index (κ2) is 7.01. The van der Waals surface area contributed by atoms with E-state index in [1.165, 1.54) is 0 Å². The summed E-state index contributed by atoms with van der Waals surface area (Å²) in [5.74, 6) is -0.0982. The van der Waals surface area contributed by atoms with Crippen LogP contribution < -0.4 is 22.1 Å². The Morgan fingerprint density at radius 2 is 1.84 bits per heavy atom. The third kappa shape index (κ3) is 4.81. The van der Waals surface area contributed by atoms with Crippen LogP contribution in [0.15, 0.2) is 41.7 Å². The molecule has 0 aliphatic carbocycles. The van der Waals surface area contributed by atoms with Crippen LogP contribution in [0.5, 0.6) is 0 Å². The molecule has 6 heteroatoms. The minimum Gasteiger partial charge on any atom is -0.366 e. The number of primary amides is 1. The third-order valence-electron chi connectivity index (χ3n) is 2.69. The van der Waals surface area contributed by atoms with E-state index < -0.39 is 11.5 Å². The predicted molar refractivity (Wildman–Crippen MR) is 76.9 cm³/mol. The number of carbonyl (C=O) groups is 1. The van der Waals surface area contributed by atoms with Gasteiger partial charge in [0.25, 0.3) is 0 Å². The number of hydrogen-bond acceptors (Lipinski definition) is 4. The van der Waals surface area contributed by atoms with Crippen molar-refractivity contribution in [3.8, 4) is 0 Å². The van der Waals surface area contributed by atoms with Gasteiger partial charge in [-0.05, 0) is 19.4 Å². The maximum absolute atomic E-state index is 11.2. The van der Waals surface area contributed by atoms with E-state index in [4.69, 9.17) is 23.1 Å². The van der Waals surface area contributed by atoms with E-state index in [0.29, 0.717) is 11.4 Å². The molecular formula is C13H19ClN4O. The summed E-state index contributed by atoms with van der Waals surface area (Å²) in [6.07, 6.45) is 0. The summed E-state index contributed by atoms with van der Waals surface area (Å²) in [6, 6.07) is 9.77. The first-order valence-corrected chi connectivity index (χ1v) is 6.33. The van der Waals surface area contributed by atoms with Crippen LogP contribution in [0.4, 0.5) is 0 Å². The molecular weight excluding hydrogens is 264 g/mol. The molecule has 19 heavy (non-hydrogen) atoms. The first-order valence-electron chi connectivity index (χ1n) is 5.90. The minimum absolute atomic E-state index is 0.0200. The molecule has 5 nitrogen and oxygen atoms in total. The molecule has 1 amide bonds. The van der Waals surface area contributed by atoms with Crippen molar-refractivity contribution in [1.82, 2.24) is 10.6 Å². The smallest absolute Gasteiger partial charge is 0.247 e. The quantitative estimate of drug-likeness (QED) is 0.272.